The Balaban J connectivity index is 2.07. The van der Waals surface area contributed by atoms with Crippen molar-refractivity contribution in [3.63, 3.8) is 0 Å². The zero-order chi connectivity index (χ0) is 18.0. The summed E-state index contributed by atoms with van der Waals surface area (Å²) in [6.45, 7) is 0.472. The number of carbonyl (C=O) groups excluding carboxylic acids is 1. The molecule has 3 rings (SSSR count). The van der Waals surface area contributed by atoms with Gasteiger partial charge in [-0.25, -0.2) is 4.79 Å². The number of piperidine rings is 1. The lowest BCUT2D eigenvalue weighted by Gasteiger charge is -2.52. The topological polar surface area (TPSA) is 68.2 Å². The highest BCUT2D eigenvalue weighted by Crippen LogP contribution is 2.51. The normalized spacial score (nSPS) is 28.9. The second-order valence-corrected chi connectivity index (χ2v) is 6.92. The Morgan fingerprint density at radius 1 is 1.20 bits per heavy atom. The van der Waals surface area contributed by atoms with Crippen molar-refractivity contribution in [3.05, 3.63) is 23.8 Å². The maximum atomic E-state index is 12.4. The van der Waals surface area contributed by atoms with Gasteiger partial charge in [-0.1, -0.05) is 12.8 Å². The van der Waals surface area contributed by atoms with Gasteiger partial charge in [0.05, 0.1) is 33.0 Å². The summed E-state index contributed by atoms with van der Waals surface area (Å²) in [5.41, 5.74) is 0.150. The highest BCUT2D eigenvalue weighted by molar-refractivity contribution is 5.69. The van der Waals surface area contributed by atoms with Crippen molar-refractivity contribution in [1.29, 1.82) is 0 Å². The first-order chi connectivity index (χ1) is 12.0. The Kier molecular flexibility index (Phi) is 5.08. The second kappa shape index (κ2) is 7.12. The van der Waals surface area contributed by atoms with Gasteiger partial charge in [-0.3, -0.25) is 0 Å². The number of aliphatic hydroxyl groups is 1. The number of hydrogen-bond donors (Lipinski definition) is 1. The number of rotatable bonds is 3. The van der Waals surface area contributed by atoms with E-state index >= 15 is 0 Å². The van der Waals surface area contributed by atoms with Crippen LogP contribution in [0, 0.1) is 5.92 Å². The number of carbonyl (C=O) groups is 1. The summed E-state index contributed by atoms with van der Waals surface area (Å²) in [6, 6.07) is 5.34. The highest BCUT2D eigenvalue weighted by Gasteiger charge is 2.51. The first-order valence-electron chi connectivity index (χ1n) is 8.83. The van der Waals surface area contributed by atoms with Crippen LogP contribution in [0.3, 0.4) is 0 Å². The largest absolute Gasteiger partial charge is 0.497 e. The Hall–Kier alpha value is -1.95. The molecule has 25 heavy (non-hydrogen) atoms. The minimum absolute atomic E-state index is 0.0311. The summed E-state index contributed by atoms with van der Waals surface area (Å²) in [6.07, 6.45) is 3.96. The van der Waals surface area contributed by atoms with Crippen LogP contribution < -0.4 is 9.47 Å². The third-order valence-corrected chi connectivity index (χ3v) is 5.74. The van der Waals surface area contributed by atoms with E-state index in [0.29, 0.717) is 24.5 Å². The van der Waals surface area contributed by atoms with Crippen molar-refractivity contribution in [2.75, 3.05) is 27.9 Å². The van der Waals surface area contributed by atoms with Gasteiger partial charge in [-0.15, -0.1) is 0 Å². The first-order valence-corrected chi connectivity index (χ1v) is 8.83. The van der Waals surface area contributed by atoms with Crippen molar-refractivity contribution >= 4 is 6.09 Å². The van der Waals surface area contributed by atoms with Gasteiger partial charge in [0.25, 0.3) is 0 Å². The van der Waals surface area contributed by atoms with Crippen LogP contribution in [0.2, 0.25) is 0 Å². The van der Waals surface area contributed by atoms with Gasteiger partial charge in [0.2, 0.25) is 0 Å². The fourth-order valence-electron chi connectivity index (χ4n) is 4.45. The Labute approximate surface area is 148 Å². The molecule has 138 valence electrons. The van der Waals surface area contributed by atoms with Crippen LogP contribution in [0.5, 0.6) is 11.5 Å². The van der Waals surface area contributed by atoms with E-state index in [-0.39, 0.29) is 18.1 Å². The zero-order valence-corrected chi connectivity index (χ0v) is 15.2. The first kappa shape index (κ1) is 17.9. The summed E-state index contributed by atoms with van der Waals surface area (Å²) in [4.78, 5) is 14.1. The van der Waals surface area contributed by atoms with E-state index in [9.17, 15) is 9.90 Å². The van der Waals surface area contributed by atoms with Gasteiger partial charge < -0.3 is 24.2 Å². The molecule has 1 heterocycles. The van der Waals surface area contributed by atoms with Crippen LogP contribution >= 0.6 is 0 Å². The average Bonchev–Trinajstić information content (AvgIpc) is 2.65. The third-order valence-electron chi connectivity index (χ3n) is 5.74. The average molecular weight is 349 g/mol. The predicted octanol–water partition coefficient (Wildman–Crippen LogP) is 3.14. The molecule has 6 heteroatoms. The Morgan fingerprint density at radius 3 is 2.68 bits per heavy atom. The minimum Gasteiger partial charge on any atom is -0.497 e. The number of ether oxygens (including phenoxy) is 3. The molecule has 2 fully saturated rings. The molecule has 1 aliphatic carbocycles. The summed E-state index contributed by atoms with van der Waals surface area (Å²) in [5.74, 6) is 1.32. The van der Waals surface area contributed by atoms with Crippen LogP contribution in [0.15, 0.2) is 18.2 Å². The molecule has 1 saturated heterocycles. The SMILES string of the molecule is COC(=O)N1CC[C@]2(O)CCCC[C@@H]2[C@@H]1c1ccc(OC)cc1OC. The maximum Gasteiger partial charge on any atom is 0.410 e. The van der Waals surface area contributed by atoms with Gasteiger partial charge in [-0.05, 0) is 31.4 Å². The Bertz CT molecular complexity index is 634. The van der Waals surface area contributed by atoms with Crippen molar-refractivity contribution < 1.29 is 24.1 Å². The second-order valence-electron chi connectivity index (χ2n) is 6.92. The summed E-state index contributed by atoms with van der Waals surface area (Å²) in [7, 11) is 4.61. The van der Waals surface area contributed by atoms with E-state index in [1.807, 2.05) is 18.2 Å². The number of nitrogens with zero attached hydrogens (tertiary/aromatic N) is 1. The molecular weight excluding hydrogens is 322 g/mol. The number of methoxy groups -OCH3 is 3. The molecule has 0 aromatic heterocycles. The Morgan fingerprint density at radius 2 is 2.00 bits per heavy atom. The molecule has 1 aromatic rings. The summed E-state index contributed by atoms with van der Waals surface area (Å²) >= 11 is 0. The smallest absolute Gasteiger partial charge is 0.410 e. The van der Waals surface area contributed by atoms with Crippen molar-refractivity contribution in [3.8, 4) is 11.5 Å². The van der Waals surface area contributed by atoms with Crippen LogP contribution in [-0.2, 0) is 4.74 Å². The van der Waals surface area contributed by atoms with Gasteiger partial charge in [0.15, 0.2) is 0 Å². The van der Waals surface area contributed by atoms with E-state index in [1.54, 1.807) is 19.1 Å². The number of likely N-dealkylation sites (tertiary alicyclic amines) is 1. The van der Waals surface area contributed by atoms with Crippen LogP contribution in [-0.4, -0.2) is 49.6 Å². The maximum absolute atomic E-state index is 12.4. The van der Waals surface area contributed by atoms with Crippen molar-refractivity contribution in [2.24, 2.45) is 5.92 Å². The predicted molar refractivity (Wildman–Crippen MR) is 92.9 cm³/mol. The van der Waals surface area contributed by atoms with Gasteiger partial charge in [0, 0.05) is 24.1 Å². The highest BCUT2D eigenvalue weighted by atomic mass is 16.5. The van der Waals surface area contributed by atoms with E-state index in [2.05, 4.69) is 0 Å². The molecule has 6 nitrogen and oxygen atoms in total. The number of benzene rings is 1. The van der Waals surface area contributed by atoms with Crippen molar-refractivity contribution in [1.82, 2.24) is 4.90 Å². The molecule has 1 saturated carbocycles. The lowest BCUT2D eigenvalue weighted by atomic mass is 9.66. The number of hydrogen-bond acceptors (Lipinski definition) is 5. The van der Waals surface area contributed by atoms with Crippen LogP contribution in [0.25, 0.3) is 0 Å². The molecule has 2 aliphatic rings. The molecule has 3 atom stereocenters. The molecule has 0 spiro atoms. The zero-order valence-electron chi connectivity index (χ0n) is 15.2. The van der Waals surface area contributed by atoms with E-state index in [4.69, 9.17) is 14.2 Å². The van der Waals surface area contributed by atoms with E-state index in [0.717, 1.165) is 31.2 Å². The third kappa shape index (κ3) is 3.15. The molecule has 1 amide bonds. The fraction of sp³-hybridized carbons (Fsp3) is 0.632. The molecule has 0 bridgehead atoms. The fourth-order valence-corrected chi connectivity index (χ4v) is 4.45. The van der Waals surface area contributed by atoms with Gasteiger partial charge in [-0.2, -0.15) is 0 Å². The minimum atomic E-state index is -0.738. The number of amides is 1. The van der Waals surface area contributed by atoms with Crippen molar-refractivity contribution in [2.45, 2.75) is 43.7 Å². The van der Waals surface area contributed by atoms with E-state index in [1.165, 1.54) is 7.11 Å². The van der Waals surface area contributed by atoms with Gasteiger partial charge in [0.1, 0.15) is 11.5 Å². The van der Waals surface area contributed by atoms with E-state index < -0.39 is 5.60 Å². The lowest BCUT2D eigenvalue weighted by molar-refractivity contribution is -0.118. The number of fused-ring (bicyclic) bond motifs is 1. The molecule has 0 radical (unpaired) electrons. The molecule has 1 N–H and O–H groups in total. The standard InChI is InChI=1S/C19H27NO5/c1-23-13-7-8-14(16(12-13)24-2)17-15-6-4-5-9-19(15,22)10-11-20(17)18(21)25-3/h7-8,12,15,17,22H,4-6,9-11H2,1-3H3/t15-,17+,19-/m1/s1. The van der Waals surface area contributed by atoms with Crippen LogP contribution in [0.4, 0.5) is 4.79 Å². The monoisotopic (exact) mass is 349 g/mol. The molecule has 1 aromatic carbocycles. The molecular formula is C19H27NO5. The molecule has 1 aliphatic heterocycles. The summed E-state index contributed by atoms with van der Waals surface area (Å²) < 4.78 is 15.9. The van der Waals surface area contributed by atoms with Crippen LogP contribution in [0.1, 0.15) is 43.7 Å². The quantitative estimate of drug-likeness (QED) is 0.908. The summed E-state index contributed by atoms with van der Waals surface area (Å²) in [5, 5.41) is 11.2. The lowest BCUT2D eigenvalue weighted by Crippen LogP contribution is -2.56. The van der Waals surface area contributed by atoms with Gasteiger partial charge >= 0.3 is 6.09 Å². The molecule has 0 unspecified atom stereocenters.